The maximum Gasteiger partial charge on any atom is 0.338 e. The third kappa shape index (κ3) is 4.20. The third-order valence-corrected chi connectivity index (χ3v) is 8.32. The summed E-state index contributed by atoms with van der Waals surface area (Å²) in [4.78, 5) is 63.6. The lowest BCUT2D eigenvalue weighted by Gasteiger charge is -2.28. The van der Waals surface area contributed by atoms with E-state index in [-0.39, 0.29) is 58.2 Å². The number of ketones is 1. The normalized spacial score (nSPS) is 25.0. The number of nitro groups is 1. The van der Waals surface area contributed by atoms with E-state index >= 15 is 0 Å². The van der Waals surface area contributed by atoms with Gasteiger partial charge in [-0.3, -0.25) is 29.4 Å². The average molecular weight is 525 g/mol. The molecule has 9 heteroatoms. The highest BCUT2D eigenvalue weighted by Gasteiger charge is 2.64. The zero-order chi connectivity index (χ0) is 27.3. The summed E-state index contributed by atoms with van der Waals surface area (Å²) < 4.78 is 5.16. The van der Waals surface area contributed by atoms with Crippen LogP contribution < -0.4 is 4.90 Å². The van der Waals surface area contributed by atoms with Gasteiger partial charge in [-0.2, -0.15) is 0 Å². The largest absolute Gasteiger partial charge is 0.454 e. The van der Waals surface area contributed by atoms with Gasteiger partial charge in [0.1, 0.15) is 0 Å². The van der Waals surface area contributed by atoms with Gasteiger partial charge in [-0.15, -0.1) is 0 Å². The van der Waals surface area contributed by atoms with Crippen LogP contribution in [0.3, 0.4) is 0 Å². The molecule has 0 spiro atoms. The number of fused-ring (bicyclic) bond motifs is 5. The molecule has 2 amide bonds. The Morgan fingerprint density at radius 2 is 1.59 bits per heavy atom. The van der Waals surface area contributed by atoms with Crippen molar-refractivity contribution in [2.24, 2.45) is 23.7 Å². The molecule has 1 heterocycles. The topological polar surface area (TPSA) is 124 Å². The fourth-order valence-corrected chi connectivity index (χ4v) is 6.64. The van der Waals surface area contributed by atoms with Gasteiger partial charge in [0.2, 0.25) is 11.8 Å². The van der Waals surface area contributed by atoms with E-state index in [9.17, 15) is 29.3 Å². The lowest BCUT2D eigenvalue weighted by atomic mass is 9.73. The second kappa shape index (κ2) is 9.58. The Bertz CT molecular complexity index is 1500. The second-order valence-corrected chi connectivity index (χ2v) is 10.3. The molecule has 2 aliphatic carbocycles. The lowest BCUT2D eigenvalue weighted by molar-refractivity contribution is -0.384. The number of rotatable bonds is 7. The van der Waals surface area contributed by atoms with Gasteiger partial charge >= 0.3 is 5.97 Å². The van der Waals surface area contributed by atoms with E-state index in [0.29, 0.717) is 5.69 Å². The number of carbonyl (C=O) groups is 4. The number of carbonyl (C=O) groups excluding carboxylic acids is 4. The molecule has 2 saturated carbocycles. The van der Waals surface area contributed by atoms with Gasteiger partial charge in [0, 0.05) is 17.7 Å². The number of nitro benzene ring substituents is 1. The van der Waals surface area contributed by atoms with Gasteiger partial charge in [-0.1, -0.05) is 36.4 Å². The molecule has 0 unspecified atom stereocenters. The van der Waals surface area contributed by atoms with Gasteiger partial charge in [0.15, 0.2) is 12.4 Å². The van der Waals surface area contributed by atoms with Crippen LogP contribution in [-0.4, -0.2) is 35.1 Å². The number of anilines is 1. The molecule has 0 N–H and O–H groups in total. The summed E-state index contributed by atoms with van der Waals surface area (Å²) in [6, 6.07) is 21.2. The summed E-state index contributed by atoms with van der Waals surface area (Å²) in [6.07, 6.45) is 1.76. The average Bonchev–Trinajstić information content (AvgIpc) is 3.63. The first-order chi connectivity index (χ1) is 18.8. The maximum atomic E-state index is 13.6. The van der Waals surface area contributed by atoms with E-state index < -0.39 is 23.3 Å². The molecule has 5 atom stereocenters. The highest BCUT2D eigenvalue weighted by molar-refractivity contribution is 6.23. The van der Waals surface area contributed by atoms with Crippen molar-refractivity contribution in [1.29, 1.82) is 0 Å². The molecule has 1 saturated heterocycles. The standard InChI is InChI=1S/C30H24N2O7/c33-25(18-9-11-21(12-10-18)32(37)38)16-39-30(36)19-7-4-8-22(13-19)31-28(34)26-20-14-23(17-5-2-1-3-6-17)24(15-20)27(26)29(31)35/h1-13,20,23-24,26-27H,14-16H2/t20-,23+,24+,26+,27+/m0/s1. The summed E-state index contributed by atoms with van der Waals surface area (Å²) in [5.74, 6) is -1.92. The maximum absolute atomic E-state index is 13.6. The van der Waals surface area contributed by atoms with E-state index in [4.69, 9.17) is 4.74 Å². The number of benzene rings is 3. The monoisotopic (exact) mass is 524 g/mol. The molecular weight excluding hydrogens is 500 g/mol. The van der Waals surface area contributed by atoms with Gasteiger partial charge in [0.25, 0.3) is 5.69 Å². The van der Waals surface area contributed by atoms with Gasteiger partial charge in [-0.05, 0) is 66.5 Å². The first-order valence-electron chi connectivity index (χ1n) is 12.8. The molecule has 0 aromatic heterocycles. The van der Waals surface area contributed by atoms with E-state index in [0.717, 1.165) is 12.8 Å². The van der Waals surface area contributed by atoms with Crippen LogP contribution in [0.25, 0.3) is 0 Å². The van der Waals surface area contributed by atoms with Crippen molar-refractivity contribution < 1.29 is 28.8 Å². The van der Waals surface area contributed by atoms with Gasteiger partial charge in [0.05, 0.1) is 28.0 Å². The van der Waals surface area contributed by atoms with Crippen molar-refractivity contribution in [3.8, 4) is 0 Å². The van der Waals surface area contributed by atoms with Crippen LogP contribution in [-0.2, 0) is 14.3 Å². The Hall–Kier alpha value is -4.66. The Labute approximate surface area is 223 Å². The molecule has 3 aliphatic rings. The second-order valence-electron chi connectivity index (χ2n) is 10.3. The summed E-state index contributed by atoms with van der Waals surface area (Å²) in [5, 5.41) is 10.8. The molecule has 6 rings (SSSR count). The molecule has 3 aromatic rings. The van der Waals surface area contributed by atoms with Crippen LogP contribution in [0, 0.1) is 33.8 Å². The predicted molar refractivity (Wildman–Crippen MR) is 139 cm³/mol. The number of hydrogen-bond donors (Lipinski definition) is 0. The number of ether oxygens (including phenoxy) is 1. The highest BCUT2D eigenvalue weighted by atomic mass is 16.6. The molecule has 2 bridgehead atoms. The van der Waals surface area contributed by atoms with Crippen molar-refractivity contribution in [1.82, 2.24) is 0 Å². The predicted octanol–water partition coefficient (Wildman–Crippen LogP) is 4.56. The first-order valence-corrected chi connectivity index (χ1v) is 12.8. The number of non-ortho nitro benzene ring substituents is 1. The Morgan fingerprint density at radius 1 is 0.872 bits per heavy atom. The summed E-state index contributed by atoms with van der Waals surface area (Å²) in [6.45, 7) is -0.559. The molecule has 3 aromatic carbocycles. The molecule has 3 fully saturated rings. The van der Waals surface area contributed by atoms with Crippen LogP contribution in [0.2, 0.25) is 0 Å². The van der Waals surface area contributed by atoms with E-state index in [1.807, 2.05) is 18.2 Å². The Kier molecular flexibility index (Phi) is 6.06. The van der Waals surface area contributed by atoms with Crippen molar-refractivity contribution in [2.45, 2.75) is 18.8 Å². The van der Waals surface area contributed by atoms with Crippen molar-refractivity contribution >= 4 is 34.9 Å². The summed E-state index contributed by atoms with van der Waals surface area (Å²) in [5.41, 5.74) is 1.64. The van der Waals surface area contributed by atoms with Crippen molar-refractivity contribution in [3.05, 3.63) is 106 Å². The minimum absolute atomic E-state index is 0.104. The minimum atomic E-state index is -0.782. The SMILES string of the molecule is O=C(COC(=O)c1cccc(N2C(=O)[C@@H]3[C@@H]4C[C@@H]([C@H]3C2=O)[C@@H](c2ccccc2)C4)c1)c1ccc([N+](=O)[O-])cc1. The van der Waals surface area contributed by atoms with E-state index in [2.05, 4.69) is 12.1 Å². The van der Waals surface area contributed by atoms with Crippen molar-refractivity contribution in [3.63, 3.8) is 0 Å². The number of hydrogen-bond acceptors (Lipinski definition) is 7. The molecule has 196 valence electrons. The van der Waals surface area contributed by atoms with Crippen LogP contribution in [0.5, 0.6) is 0 Å². The van der Waals surface area contributed by atoms with Gasteiger partial charge < -0.3 is 4.74 Å². The number of amides is 2. The van der Waals surface area contributed by atoms with Crippen LogP contribution in [0.1, 0.15) is 45.0 Å². The zero-order valence-electron chi connectivity index (χ0n) is 20.8. The quantitative estimate of drug-likeness (QED) is 0.146. The molecule has 39 heavy (non-hydrogen) atoms. The fraction of sp³-hybridized carbons (Fsp3) is 0.267. The van der Waals surface area contributed by atoms with Crippen LogP contribution >= 0.6 is 0 Å². The molecule has 1 aliphatic heterocycles. The number of imide groups is 1. The zero-order valence-corrected chi connectivity index (χ0v) is 20.8. The molecule has 9 nitrogen and oxygen atoms in total. The van der Waals surface area contributed by atoms with Crippen LogP contribution in [0.4, 0.5) is 11.4 Å². The summed E-state index contributed by atoms with van der Waals surface area (Å²) >= 11 is 0. The smallest absolute Gasteiger partial charge is 0.338 e. The van der Waals surface area contributed by atoms with Gasteiger partial charge in [-0.25, -0.2) is 4.79 Å². The lowest BCUT2D eigenvalue weighted by Crippen LogP contribution is -2.33. The molecule has 0 radical (unpaired) electrons. The number of esters is 1. The first kappa shape index (κ1) is 24.7. The fourth-order valence-electron chi connectivity index (χ4n) is 6.64. The minimum Gasteiger partial charge on any atom is -0.454 e. The van der Waals surface area contributed by atoms with E-state index in [1.165, 1.54) is 46.9 Å². The third-order valence-electron chi connectivity index (χ3n) is 8.32. The Balaban J connectivity index is 1.15. The van der Waals surface area contributed by atoms with Crippen molar-refractivity contribution in [2.75, 3.05) is 11.5 Å². The number of nitrogens with zero attached hydrogens (tertiary/aromatic N) is 2. The van der Waals surface area contributed by atoms with Crippen LogP contribution in [0.15, 0.2) is 78.9 Å². The highest BCUT2D eigenvalue weighted by Crippen LogP contribution is 2.61. The van der Waals surface area contributed by atoms with E-state index in [1.54, 1.807) is 12.1 Å². The summed E-state index contributed by atoms with van der Waals surface area (Å²) in [7, 11) is 0. The Morgan fingerprint density at radius 3 is 2.31 bits per heavy atom. The number of Topliss-reactive ketones (excluding diaryl/α,β-unsaturated/α-hetero) is 1. The molecular formula is C30H24N2O7.